The fraction of sp³-hybridized carbons (Fsp3) is 0.188. The normalized spacial score (nSPS) is 10.4. The van der Waals surface area contributed by atoms with Crippen LogP contribution < -0.4 is 10.6 Å². The summed E-state index contributed by atoms with van der Waals surface area (Å²) in [5.74, 6) is 1.81. The van der Waals surface area contributed by atoms with E-state index in [1.165, 1.54) is 0 Å². The minimum Gasteiger partial charge on any atom is -0.368 e. The van der Waals surface area contributed by atoms with E-state index < -0.39 is 0 Å². The first-order chi connectivity index (χ1) is 11.7. The highest BCUT2D eigenvalue weighted by Gasteiger charge is 2.06. The Labute approximate surface area is 139 Å². The van der Waals surface area contributed by atoms with E-state index in [2.05, 4.69) is 30.7 Å². The molecule has 0 fully saturated rings. The molecule has 3 aromatic heterocycles. The zero-order chi connectivity index (χ0) is 16.8. The number of aryl methyl sites for hydroxylation is 1. The standard InChI is InChI=1S/C16H17N7O/c1-12-21-14(11-15(22-12)23-10-4-7-20-23)18-8-9-19-16(24)13-5-2-3-6-17-13/h2-7,10-11H,8-9H2,1H3,(H,19,24)(H,18,21,22). The van der Waals surface area contributed by atoms with Crippen molar-refractivity contribution in [1.82, 2.24) is 30.0 Å². The van der Waals surface area contributed by atoms with Gasteiger partial charge in [-0.1, -0.05) is 6.07 Å². The topological polar surface area (TPSA) is 97.6 Å². The molecule has 0 radical (unpaired) electrons. The van der Waals surface area contributed by atoms with Gasteiger partial charge in [-0.25, -0.2) is 14.6 Å². The summed E-state index contributed by atoms with van der Waals surface area (Å²) in [5.41, 5.74) is 0.399. The molecule has 24 heavy (non-hydrogen) atoms. The van der Waals surface area contributed by atoms with Crippen LogP contribution in [0.4, 0.5) is 5.82 Å². The van der Waals surface area contributed by atoms with Crippen LogP contribution in [-0.2, 0) is 0 Å². The Balaban J connectivity index is 1.54. The smallest absolute Gasteiger partial charge is 0.269 e. The quantitative estimate of drug-likeness (QED) is 0.662. The second-order valence-corrected chi connectivity index (χ2v) is 5.01. The third-order valence-corrected chi connectivity index (χ3v) is 3.18. The van der Waals surface area contributed by atoms with Gasteiger partial charge >= 0.3 is 0 Å². The lowest BCUT2D eigenvalue weighted by atomic mass is 10.3. The van der Waals surface area contributed by atoms with Crippen molar-refractivity contribution in [3.63, 3.8) is 0 Å². The summed E-state index contributed by atoms with van der Waals surface area (Å²) in [6.45, 7) is 2.81. The molecule has 0 aliphatic heterocycles. The van der Waals surface area contributed by atoms with E-state index in [4.69, 9.17) is 0 Å². The Hall–Kier alpha value is -3.29. The number of hydrogen-bond acceptors (Lipinski definition) is 6. The third-order valence-electron chi connectivity index (χ3n) is 3.18. The maximum atomic E-state index is 11.9. The largest absolute Gasteiger partial charge is 0.368 e. The summed E-state index contributed by atoms with van der Waals surface area (Å²) in [6, 6.07) is 8.86. The Morgan fingerprint density at radius 1 is 1.17 bits per heavy atom. The van der Waals surface area contributed by atoms with Crippen molar-refractivity contribution in [2.45, 2.75) is 6.92 Å². The van der Waals surface area contributed by atoms with Gasteiger partial charge in [0.05, 0.1) is 0 Å². The van der Waals surface area contributed by atoms with Crippen LogP contribution in [0.5, 0.6) is 0 Å². The van der Waals surface area contributed by atoms with Gasteiger partial charge < -0.3 is 10.6 Å². The van der Waals surface area contributed by atoms with Crippen LogP contribution >= 0.6 is 0 Å². The monoisotopic (exact) mass is 323 g/mol. The van der Waals surface area contributed by atoms with Crippen LogP contribution in [0.25, 0.3) is 5.82 Å². The second-order valence-electron chi connectivity index (χ2n) is 5.01. The molecule has 0 bridgehead atoms. The van der Waals surface area contributed by atoms with Crippen molar-refractivity contribution in [2.24, 2.45) is 0 Å². The van der Waals surface area contributed by atoms with Gasteiger partial charge in [0.1, 0.15) is 17.3 Å². The van der Waals surface area contributed by atoms with E-state index in [1.807, 2.05) is 19.2 Å². The fourth-order valence-electron chi connectivity index (χ4n) is 2.12. The maximum absolute atomic E-state index is 11.9. The molecule has 0 aliphatic rings. The summed E-state index contributed by atoms with van der Waals surface area (Å²) in [6.07, 6.45) is 5.10. The highest BCUT2D eigenvalue weighted by Crippen LogP contribution is 2.09. The van der Waals surface area contributed by atoms with Crippen molar-refractivity contribution in [1.29, 1.82) is 0 Å². The van der Waals surface area contributed by atoms with Crippen molar-refractivity contribution < 1.29 is 4.79 Å². The maximum Gasteiger partial charge on any atom is 0.269 e. The summed E-state index contributed by atoms with van der Waals surface area (Å²) in [7, 11) is 0. The number of amides is 1. The lowest BCUT2D eigenvalue weighted by molar-refractivity contribution is 0.0950. The molecule has 3 aromatic rings. The van der Waals surface area contributed by atoms with E-state index >= 15 is 0 Å². The number of nitrogens with zero attached hydrogens (tertiary/aromatic N) is 5. The number of aromatic nitrogens is 5. The van der Waals surface area contributed by atoms with Gasteiger partial charge in [-0.2, -0.15) is 5.10 Å². The molecule has 0 saturated heterocycles. The first-order valence-electron chi connectivity index (χ1n) is 7.51. The summed E-state index contributed by atoms with van der Waals surface area (Å²) in [4.78, 5) is 24.6. The number of nitrogens with one attached hydrogen (secondary N) is 2. The van der Waals surface area contributed by atoms with Gasteiger partial charge in [-0.15, -0.1) is 0 Å². The Kier molecular flexibility index (Phi) is 4.76. The lowest BCUT2D eigenvalue weighted by Crippen LogP contribution is -2.29. The number of carbonyl (C=O) groups is 1. The highest BCUT2D eigenvalue weighted by molar-refractivity contribution is 5.92. The summed E-state index contributed by atoms with van der Waals surface area (Å²) >= 11 is 0. The summed E-state index contributed by atoms with van der Waals surface area (Å²) in [5, 5.41) is 10.1. The van der Waals surface area contributed by atoms with Gasteiger partial charge in [0.15, 0.2) is 5.82 Å². The van der Waals surface area contributed by atoms with Gasteiger partial charge in [-0.3, -0.25) is 9.78 Å². The fourth-order valence-corrected chi connectivity index (χ4v) is 2.12. The Morgan fingerprint density at radius 3 is 2.83 bits per heavy atom. The van der Waals surface area contributed by atoms with Gasteiger partial charge in [0.2, 0.25) is 0 Å². The predicted octanol–water partition coefficient (Wildman–Crippen LogP) is 1.21. The molecule has 122 valence electrons. The molecule has 0 spiro atoms. The van der Waals surface area contributed by atoms with Crippen LogP contribution in [0, 0.1) is 6.92 Å². The first-order valence-corrected chi connectivity index (χ1v) is 7.51. The van der Waals surface area contributed by atoms with E-state index in [9.17, 15) is 4.79 Å². The van der Waals surface area contributed by atoms with Gasteiger partial charge in [-0.05, 0) is 25.1 Å². The second kappa shape index (κ2) is 7.32. The van der Waals surface area contributed by atoms with Crippen LogP contribution in [-0.4, -0.2) is 43.7 Å². The predicted molar refractivity (Wildman–Crippen MR) is 89.0 cm³/mol. The van der Waals surface area contributed by atoms with Crippen LogP contribution in [0.3, 0.4) is 0 Å². The molecule has 0 unspecified atom stereocenters. The van der Waals surface area contributed by atoms with Crippen molar-refractivity contribution >= 4 is 11.7 Å². The molecule has 3 rings (SSSR count). The molecule has 0 aliphatic carbocycles. The number of pyridine rings is 1. The molecule has 0 saturated carbocycles. The lowest BCUT2D eigenvalue weighted by Gasteiger charge is -2.09. The van der Waals surface area contributed by atoms with E-state index in [0.717, 1.165) is 0 Å². The molecule has 1 amide bonds. The van der Waals surface area contributed by atoms with Crippen molar-refractivity contribution in [3.05, 3.63) is 60.4 Å². The number of anilines is 1. The molecular weight excluding hydrogens is 306 g/mol. The van der Waals surface area contributed by atoms with E-state index in [1.54, 1.807) is 41.3 Å². The Morgan fingerprint density at radius 2 is 2.08 bits per heavy atom. The SMILES string of the molecule is Cc1nc(NCCNC(=O)c2ccccn2)cc(-n2cccn2)n1. The number of hydrogen-bond donors (Lipinski definition) is 2. The van der Waals surface area contributed by atoms with Crippen molar-refractivity contribution in [2.75, 3.05) is 18.4 Å². The van der Waals surface area contributed by atoms with Crippen LogP contribution in [0.1, 0.15) is 16.3 Å². The molecule has 8 nitrogen and oxygen atoms in total. The molecule has 2 N–H and O–H groups in total. The van der Waals surface area contributed by atoms with E-state index in [-0.39, 0.29) is 5.91 Å². The molecule has 3 heterocycles. The van der Waals surface area contributed by atoms with Gasteiger partial charge in [0.25, 0.3) is 5.91 Å². The zero-order valence-corrected chi connectivity index (χ0v) is 13.2. The van der Waals surface area contributed by atoms with Crippen LogP contribution in [0.15, 0.2) is 48.9 Å². The average molecular weight is 323 g/mol. The third kappa shape index (κ3) is 3.92. The Bertz CT molecular complexity index is 803. The molecular formula is C16H17N7O. The molecule has 0 atom stereocenters. The van der Waals surface area contributed by atoms with Gasteiger partial charge in [0, 0.05) is 37.7 Å². The minimum atomic E-state index is -0.200. The highest BCUT2D eigenvalue weighted by atomic mass is 16.1. The van der Waals surface area contributed by atoms with Crippen LogP contribution in [0.2, 0.25) is 0 Å². The number of carbonyl (C=O) groups excluding carboxylic acids is 1. The molecule has 8 heteroatoms. The van der Waals surface area contributed by atoms with Crippen molar-refractivity contribution in [3.8, 4) is 5.82 Å². The van der Waals surface area contributed by atoms with E-state index in [0.29, 0.717) is 36.2 Å². The first kappa shape index (κ1) is 15.6. The average Bonchev–Trinajstić information content (AvgIpc) is 3.13. The summed E-state index contributed by atoms with van der Waals surface area (Å²) < 4.78 is 1.67. The minimum absolute atomic E-state index is 0.200. The molecule has 0 aromatic carbocycles. The number of rotatable bonds is 6. The zero-order valence-electron chi connectivity index (χ0n) is 13.2.